The highest BCUT2D eigenvalue weighted by atomic mass is 16.6. The number of alkyl carbamates (subject to hydrolysis) is 1. The van der Waals surface area contributed by atoms with Crippen LogP contribution < -0.4 is 27.0 Å². The van der Waals surface area contributed by atoms with Gasteiger partial charge in [-0.15, -0.1) is 0 Å². The van der Waals surface area contributed by atoms with E-state index >= 15 is 0 Å². The number of carbonyl (C=O) groups is 5. The van der Waals surface area contributed by atoms with Gasteiger partial charge in [-0.2, -0.15) is 0 Å². The number of hydrogen-bond donors (Lipinski definition) is 7. The molecule has 0 saturated carbocycles. The van der Waals surface area contributed by atoms with Crippen LogP contribution in [0.4, 0.5) is 20.1 Å². The summed E-state index contributed by atoms with van der Waals surface area (Å²) >= 11 is 0. The van der Waals surface area contributed by atoms with Crippen molar-refractivity contribution < 1.29 is 38.9 Å². The van der Waals surface area contributed by atoms with Gasteiger partial charge in [0.15, 0.2) is 0 Å². The lowest BCUT2D eigenvalue weighted by atomic mass is 10.0. The van der Waals surface area contributed by atoms with Gasteiger partial charge in [0.2, 0.25) is 11.8 Å². The minimum absolute atomic E-state index is 0.0275. The molecule has 1 aromatic rings. The van der Waals surface area contributed by atoms with Crippen LogP contribution in [-0.2, 0) is 27.5 Å². The SMILES string of the molecule is CC(C)C(NC(=O)OC(C)(C)C)C(=O)NC(CCCNC(N)=O)C(=O)Nc1ccc(CO)c(CN(C)C(=O)O)c1. The van der Waals surface area contributed by atoms with Crippen molar-refractivity contribution >= 4 is 35.7 Å². The lowest BCUT2D eigenvalue weighted by Crippen LogP contribution is -2.55. The Morgan fingerprint density at radius 1 is 1.05 bits per heavy atom. The zero-order valence-corrected chi connectivity index (χ0v) is 23.9. The summed E-state index contributed by atoms with van der Waals surface area (Å²) in [4.78, 5) is 62.1. The van der Waals surface area contributed by atoms with Gasteiger partial charge in [0, 0.05) is 25.8 Å². The number of aliphatic hydroxyl groups is 1. The van der Waals surface area contributed by atoms with Crippen LogP contribution in [-0.4, -0.2) is 76.4 Å². The highest BCUT2D eigenvalue weighted by molar-refractivity contribution is 5.98. The Balaban J connectivity index is 3.13. The Labute approximate surface area is 234 Å². The number of ether oxygens (including phenoxy) is 1. The van der Waals surface area contributed by atoms with Gasteiger partial charge in [-0.3, -0.25) is 9.59 Å². The minimum Gasteiger partial charge on any atom is -0.465 e. The van der Waals surface area contributed by atoms with Gasteiger partial charge in [0.1, 0.15) is 17.7 Å². The molecule has 0 aliphatic rings. The second-order valence-corrected chi connectivity index (χ2v) is 10.6. The van der Waals surface area contributed by atoms with E-state index in [2.05, 4.69) is 21.3 Å². The largest absolute Gasteiger partial charge is 0.465 e. The number of rotatable bonds is 13. The maximum atomic E-state index is 13.3. The van der Waals surface area contributed by atoms with Gasteiger partial charge in [-0.1, -0.05) is 19.9 Å². The van der Waals surface area contributed by atoms with E-state index in [0.717, 1.165) is 4.90 Å². The smallest absolute Gasteiger partial charge is 0.408 e. The van der Waals surface area contributed by atoms with E-state index in [9.17, 15) is 34.2 Å². The van der Waals surface area contributed by atoms with Crippen LogP contribution in [0.2, 0.25) is 0 Å². The standard InChI is InChI=1S/C26H42N6O8/c1-15(2)20(31-24(37)40-26(3,4)5)22(35)30-19(8-7-11-28-23(27)36)21(34)29-18-10-9-16(14-33)17(12-18)13-32(6)25(38)39/h9-10,12,15,19-20,33H,7-8,11,13-14H2,1-6H3,(H,29,34)(H,30,35)(H,31,37)(H,38,39)(H3,27,28,36). The van der Waals surface area contributed by atoms with E-state index in [1.54, 1.807) is 46.8 Å². The van der Waals surface area contributed by atoms with Crippen molar-refractivity contribution in [2.24, 2.45) is 11.7 Å². The first kappa shape index (κ1) is 34.0. The zero-order chi connectivity index (χ0) is 30.6. The highest BCUT2D eigenvalue weighted by Gasteiger charge is 2.30. The number of carbonyl (C=O) groups excluding carboxylic acids is 4. The molecule has 2 atom stereocenters. The Bertz CT molecular complexity index is 1060. The number of urea groups is 1. The van der Waals surface area contributed by atoms with Gasteiger partial charge in [0.05, 0.1) is 6.61 Å². The van der Waals surface area contributed by atoms with Crippen molar-refractivity contribution in [1.82, 2.24) is 20.9 Å². The molecule has 0 heterocycles. The maximum absolute atomic E-state index is 13.3. The number of aliphatic hydroxyl groups excluding tert-OH is 1. The molecule has 14 nitrogen and oxygen atoms in total. The molecular weight excluding hydrogens is 524 g/mol. The Hall–Kier alpha value is -4.07. The number of primary amides is 1. The normalized spacial score (nSPS) is 12.6. The average Bonchev–Trinajstić information content (AvgIpc) is 2.82. The molecule has 1 aromatic carbocycles. The van der Waals surface area contributed by atoms with Gasteiger partial charge in [-0.05, 0) is 62.8 Å². The summed E-state index contributed by atoms with van der Waals surface area (Å²) in [5.41, 5.74) is 5.61. The van der Waals surface area contributed by atoms with Crippen LogP contribution in [0, 0.1) is 5.92 Å². The minimum atomic E-state index is -1.16. The van der Waals surface area contributed by atoms with Crippen molar-refractivity contribution in [1.29, 1.82) is 0 Å². The summed E-state index contributed by atoms with van der Waals surface area (Å²) in [5.74, 6) is -1.53. The molecule has 0 aliphatic carbocycles. The lowest BCUT2D eigenvalue weighted by Gasteiger charge is -2.27. The Kier molecular flexibility index (Phi) is 13.2. The van der Waals surface area contributed by atoms with Crippen molar-refractivity contribution in [2.45, 2.75) is 78.3 Å². The van der Waals surface area contributed by atoms with E-state index < -0.39 is 47.7 Å². The summed E-state index contributed by atoms with van der Waals surface area (Å²) in [7, 11) is 1.37. The van der Waals surface area contributed by atoms with Crippen molar-refractivity contribution in [3.05, 3.63) is 29.3 Å². The summed E-state index contributed by atoms with van der Waals surface area (Å²) in [6.45, 7) is 8.33. The molecule has 0 aliphatic heterocycles. The van der Waals surface area contributed by atoms with Crippen LogP contribution in [0.3, 0.4) is 0 Å². The second-order valence-electron chi connectivity index (χ2n) is 10.6. The molecule has 8 N–H and O–H groups in total. The predicted molar refractivity (Wildman–Crippen MR) is 147 cm³/mol. The summed E-state index contributed by atoms with van der Waals surface area (Å²) in [6, 6.07) is 1.85. The molecule has 40 heavy (non-hydrogen) atoms. The first-order valence-corrected chi connectivity index (χ1v) is 12.8. The third-order valence-corrected chi connectivity index (χ3v) is 5.60. The monoisotopic (exact) mass is 566 g/mol. The molecule has 0 radical (unpaired) electrons. The molecule has 0 saturated heterocycles. The summed E-state index contributed by atoms with van der Waals surface area (Å²) in [6.07, 6.45) is -1.52. The zero-order valence-electron chi connectivity index (χ0n) is 23.9. The van der Waals surface area contributed by atoms with Gasteiger partial charge in [0.25, 0.3) is 0 Å². The fourth-order valence-corrected chi connectivity index (χ4v) is 3.58. The van der Waals surface area contributed by atoms with E-state index in [0.29, 0.717) is 23.2 Å². The van der Waals surface area contributed by atoms with Crippen molar-refractivity contribution in [3.8, 4) is 0 Å². The molecule has 6 amide bonds. The van der Waals surface area contributed by atoms with E-state index in [4.69, 9.17) is 10.5 Å². The average molecular weight is 567 g/mol. The third kappa shape index (κ3) is 12.2. The fraction of sp³-hybridized carbons (Fsp3) is 0.577. The fourth-order valence-electron chi connectivity index (χ4n) is 3.58. The number of nitrogens with two attached hydrogens (primary N) is 1. The highest BCUT2D eigenvalue weighted by Crippen LogP contribution is 2.19. The molecule has 14 heteroatoms. The molecule has 0 bridgehead atoms. The topological polar surface area (TPSA) is 212 Å². The van der Waals surface area contributed by atoms with Crippen LogP contribution in [0.5, 0.6) is 0 Å². The second kappa shape index (κ2) is 15.5. The lowest BCUT2D eigenvalue weighted by molar-refractivity contribution is -0.128. The van der Waals surface area contributed by atoms with E-state index in [-0.39, 0.29) is 32.0 Å². The molecule has 0 aromatic heterocycles. The van der Waals surface area contributed by atoms with Gasteiger partial charge < -0.3 is 46.9 Å². The molecule has 1 rings (SSSR count). The number of amides is 6. The molecule has 0 fully saturated rings. The van der Waals surface area contributed by atoms with Crippen LogP contribution >= 0.6 is 0 Å². The quantitative estimate of drug-likeness (QED) is 0.174. The third-order valence-electron chi connectivity index (χ3n) is 5.60. The first-order valence-electron chi connectivity index (χ1n) is 12.8. The molecular formula is C26H42N6O8. The number of hydrogen-bond acceptors (Lipinski definition) is 7. The van der Waals surface area contributed by atoms with Crippen LogP contribution in [0.15, 0.2) is 18.2 Å². The van der Waals surface area contributed by atoms with Crippen molar-refractivity contribution in [2.75, 3.05) is 18.9 Å². The van der Waals surface area contributed by atoms with Crippen LogP contribution in [0.25, 0.3) is 0 Å². The van der Waals surface area contributed by atoms with E-state index in [1.165, 1.54) is 13.1 Å². The number of carboxylic acid groups (broad SMARTS) is 1. The summed E-state index contributed by atoms with van der Waals surface area (Å²) in [5, 5.41) is 29.2. The number of nitrogens with zero attached hydrogens (tertiary/aromatic N) is 1. The molecule has 0 spiro atoms. The first-order chi connectivity index (χ1) is 18.5. The molecule has 2 unspecified atom stereocenters. The number of benzene rings is 1. The van der Waals surface area contributed by atoms with E-state index in [1.807, 2.05) is 0 Å². The van der Waals surface area contributed by atoms with Gasteiger partial charge >= 0.3 is 18.2 Å². The Morgan fingerprint density at radius 2 is 1.70 bits per heavy atom. The molecule has 224 valence electrons. The Morgan fingerprint density at radius 3 is 2.23 bits per heavy atom. The van der Waals surface area contributed by atoms with Gasteiger partial charge in [-0.25, -0.2) is 14.4 Å². The number of anilines is 1. The van der Waals surface area contributed by atoms with Crippen LogP contribution in [0.1, 0.15) is 58.6 Å². The predicted octanol–water partition coefficient (Wildman–Crippen LogP) is 1.71. The summed E-state index contributed by atoms with van der Waals surface area (Å²) < 4.78 is 5.25. The number of nitrogens with one attached hydrogen (secondary N) is 4. The van der Waals surface area contributed by atoms with Crippen molar-refractivity contribution in [3.63, 3.8) is 0 Å². The maximum Gasteiger partial charge on any atom is 0.408 e.